The van der Waals surface area contributed by atoms with Crippen molar-refractivity contribution >= 4 is 39.1 Å². The summed E-state index contributed by atoms with van der Waals surface area (Å²) in [4.78, 5) is 24.6. The van der Waals surface area contributed by atoms with E-state index < -0.39 is 6.10 Å². The number of carbonyl (C=O) groups is 2. The van der Waals surface area contributed by atoms with Crippen LogP contribution in [0.5, 0.6) is 0 Å². The molecule has 1 heterocycles. The summed E-state index contributed by atoms with van der Waals surface area (Å²) in [6, 6.07) is 12.5. The normalized spacial score (nSPS) is 16.5. The van der Waals surface area contributed by atoms with Crippen LogP contribution in [0.25, 0.3) is 0 Å². The Bertz CT molecular complexity index is 801. The van der Waals surface area contributed by atoms with Crippen LogP contribution in [0.2, 0.25) is 0 Å². The maximum absolute atomic E-state index is 12.4. The van der Waals surface area contributed by atoms with Crippen molar-refractivity contribution in [2.45, 2.75) is 25.9 Å². The van der Waals surface area contributed by atoms with Gasteiger partial charge in [-0.2, -0.15) is 0 Å². The maximum Gasteiger partial charge on any atom is 0.255 e. The highest BCUT2D eigenvalue weighted by Gasteiger charge is 2.23. The van der Waals surface area contributed by atoms with Gasteiger partial charge >= 0.3 is 0 Å². The molecule has 0 radical (unpaired) electrons. The van der Waals surface area contributed by atoms with Gasteiger partial charge in [-0.15, -0.1) is 0 Å². The first-order chi connectivity index (χ1) is 12.0. The van der Waals surface area contributed by atoms with Crippen LogP contribution in [0.1, 0.15) is 28.8 Å². The third kappa shape index (κ3) is 4.46. The number of hydrogen-bond acceptors (Lipinski definition) is 3. The first-order valence-electron chi connectivity index (χ1n) is 8.13. The number of halogens is 1. The fourth-order valence-corrected chi connectivity index (χ4v) is 3.00. The molecular formula is C19H19BrN2O3. The lowest BCUT2D eigenvalue weighted by Crippen LogP contribution is -2.27. The van der Waals surface area contributed by atoms with Gasteiger partial charge in [0, 0.05) is 28.0 Å². The van der Waals surface area contributed by atoms with E-state index >= 15 is 0 Å². The van der Waals surface area contributed by atoms with Gasteiger partial charge in [-0.1, -0.05) is 28.1 Å². The predicted octanol–water partition coefficient (Wildman–Crippen LogP) is 4.13. The topological polar surface area (TPSA) is 67.4 Å². The second-order valence-electron chi connectivity index (χ2n) is 5.99. The average Bonchev–Trinajstić information content (AvgIpc) is 3.13. The fourth-order valence-electron chi connectivity index (χ4n) is 2.62. The average molecular weight is 403 g/mol. The van der Waals surface area contributed by atoms with Crippen molar-refractivity contribution in [2.75, 3.05) is 17.2 Å². The van der Waals surface area contributed by atoms with Crippen molar-refractivity contribution < 1.29 is 14.3 Å². The van der Waals surface area contributed by atoms with Gasteiger partial charge in [-0.25, -0.2) is 0 Å². The Morgan fingerprint density at radius 1 is 1.12 bits per heavy atom. The number of amides is 2. The molecule has 2 N–H and O–H groups in total. The van der Waals surface area contributed by atoms with Gasteiger partial charge < -0.3 is 15.4 Å². The second-order valence-corrected chi connectivity index (χ2v) is 6.84. The van der Waals surface area contributed by atoms with Crippen LogP contribution in [0.4, 0.5) is 11.4 Å². The number of benzene rings is 2. The molecule has 1 atom stereocenters. The van der Waals surface area contributed by atoms with Crippen LogP contribution in [0.3, 0.4) is 0 Å². The summed E-state index contributed by atoms with van der Waals surface area (Å²) in [5.74, 6) is -0.401. The third-order valence-electron chi connectivity index (χ3n) is 4.04. The number of anilines is 2. The van der Waals surface area contributed by atoms with E-state index in [2.05, 4.69) is 26.6 Å². The molecule has 2 amide bonds. The molecule has 0 aromatic heterocycles. The van der Waals surface area contributed by atoms with Crippen molar-refractivity contribution in [1.29, 1.82) is 0 Å². The second kappa shape index (κ2) is 7.80. The third-order valence-corrected chi connectivity index (χ3v) is 4.90. The Morgan fingerprint density at radius 3 is 2.64 bits per heavy atom. The van der Waals surface area contributed by atoms with Gasteiger partial charge in [-0.3, -0.25) is 9.59 Å². The van der Waals surface area contributed by atoms with E-state index in [1.165, 1.54) is 0 Å². The van der Waals surface area contributed by atoms with Crippen LogP contribution < -0.4 is 10.6 Å². The van der Waals surface area contributed by atoms with Crippen LogP contribution in [0.15, 0.2) is 46.9 Å². The zero-order chi connectivity index (χ0) is 17.8. The Labute approximate surface area is 154 Å². The minimum absolute atomic E-state index is 0.169. The summed E-state index contributed by atoms with van der Waals surface area (Å²) in [6.45, 7) is 2.60. The zero-order valence-corrected chi connectivity index (χ0v) is 15.4. The summed E-state index contributed by atoms with van der Waals surface area (Å²) in [5, 5.41) is 5.66. The summed E-state index contributed by atoms with van der Waals surface area (Å²) >= 11 is 3.45. The Kier molecular flexibility index (Phi) is 5.50. The SMILES string of the molecule is Cc1ccc(NC(=O)c2cccc(NC(=O)C3CCCO3)c2)cc1Br. The fraction of sp³-hybridized carbons (Fsp3) is 0.263. The zero-order valence-electron chi connectivity index (χ0n) is 13.8. The van der Waals surface area contributed by atoms with Crippen molar-refractivity contribution in [1.82, 2.24) is 0 Å². The quantitative estimate of drug-likeness (QED) is 0.807. The molecule has 2 aromatic carbocycles. The molecule has 130 valence electrons. The van der Waals surface area contributed by atoms with E-state index in [4.69, 9.17) is 4.74 Å². The first-order valence-corrected chi connectivity index (χ1v) is 8.92. The van der Waals surface area contributed by atoms with Gasteiger partial charge in [0.1, 0.15) is 6.10 Å². The Balaban J connectivity index is 1.68. The number of rotatable bonds is 4. The molecule has 1 aliphatic rings. The maximum atomic E-state index is 12.4. The lowest BCUT2D eigenvalue weighted by molar-refractivity contribution is -0.124. The summed E-state index contributed by atoms with van der Waals surface area (Å²) in [6.07, 6.45) is 1.23. The van der Waals surface area contributed by atoms with Crippen molar-refractivity contribution in [2.24, 2.45) is 0 Å². The standard InChI is InChI=1S/C19H19BrN2O3/c1-12-7-8-15(11-16(12)20)21-18(23)13-4-2-5-14(10-13)22-19(24)17-6-3-9-25-17/h2,4-5,7-8,10-11,17H,3,6,9H2,1H3,(H,21,23)(H,22,24). The first kappa shape index (κ1) is 17.6. The van der Waals surface area contributed by atoms with E-state index in [0.717, 1.165) is 22.9 Å². The van der Waals surface area contributed by atoms with Gasteiger partial charge in [0.05, 0.1) is 0 Å². The molecular weight excluding hydrogens is 384 g/mol. The van der Waals surface area contributed by atoms with Crippen LogP contribution >= 0.6 is 15.9 Å². The lowest BCUT2D eigenvalue weighted by atomic mass is 10.1. The molecule has 0 bridgehead atoms. The van der Waals surface area contributed by atoms with Crippen LogP contribution in [-0.2, 0) is 9.53 Å². The Morgan fingerprint density at radius 2 is 1.92 bits per heavy atom. The van der Waals surface area contributed by atoms with Crippen molar-refractivity contribution in [3.05, 3.63) is 58.1 Å². The molecule has 6 heteroatoms. The smallest absolute Gasteiger partial charge is 0.255 e. The van der Waals surface area contributed by atoms with Crippen molar-refractivity contribution in [3.8, 4) is 0 Å². The van der Waals surface area contributed by atoms with E-state index in [9.17, 15) is 9.59 Å². The van der Waals surface area contributed by atoms with E-state index in [1.807, 2.05) is 25.1 Å². The van der Waals surface area contributed by atoms with Crippen LogP contribution in [-0.4, -0.2) is 24.5 Å². The molecule has 5 nitrogen and oxygen atoms in total. The molecule has 25 heavy (non-hydrogen) atoms. The molecule has 2 aromatic rings. The monoisotopic (exact) mass is 402 g/mol. The number of carbonyl (C=O) groups excluding carboxylic acids is 2. The van der Waals surface area contributed by atoms with Gasteiger partial charge in [0.15, 0.2) is 0 Å². The highest BCUT2D eigenvalue weighted by atomic mass is 79.9. The number of aryl methyl sites for hydroxylation is 1. The predicted molar refractivity (Wildman–Crippen MR) is 101 cm³/mol. The highest BCUT2D eigenvalue weighted by molar-refractivity contribution is 9.10. The highest BCUT2D eigenvalue weighted by Crippen LogP contribution is 2.22. The Hall–Kier alpha value is -2.18. The molecule has 1 unspecified atom stereocenters. The molecule has 0 saturated carbocycles. The molecule has 3 rings (SSSR count). The molecule has 0 spiro atoms. The van der Waals surface area contributed by atoms with Crippen LogP contribution in [0, 0.1) is 6.92 Å². The lowest BCUT2D eigenvalue weighted by Gasteiger charge is -2.12. The summed E-state index contributed by atoms with van der Waals surface area (Å²) < 4.78 is 6.30. The molecule has 1 aliphatic heterocycles. The minimum atomic E-state index is -0.401. The number of hydrogen-bond donors (Lipinski definition) is 2. The van der Waals surface area contributed by atoms with E-state index in [-0.39, 0.29) is 11.8 Å². The number of nitrogens with one attached hydrogen (secondary N) is 2. The summed E-state index contributed by atoms with van der Waals surface area (Å²) in [5.41, 5.74) is 2.85. The van der Waals surface area contributed by atoms with E-state index in [0.29, 0.717) is 23.5 Å². The molecule has 0 aliphatic carbocycles. The molecule has 1 saturated heterocycles. The summed E-state index contributed by atoms with van der Waals surface area (Å²) in [7, 11) is 0. The number of ether oxygens (including phenoxy) is 1. The van der Waals surface area contributed by atoms with Gasteiger partial charge in [0.25, 0.3) is 11.8 Å². The van der Waals surface area contributed by atoms with Gasteiger partial charge in [0.2, 0.25) is 0 Å². The largest absolute Gasteiger partial charge is 0.368 e. The minimum Gasteiger partial charge on any atom is -0.368 e. The molecule has 1 fully saturated rings. The van der Waals surface area contributed by atoms with Crippen molar-refractivity contribution in [3.63, 3.8) is 0 Å². The van der Waals surface area contributed by atoms with Gasteiger partial charge in [-0.05, 0) is 55.7 Å². The van der Waals surface area contributed by atoms with E-state index in [1.54, 1.807) is 24.3 Å².